The van der Waals surface area contributed by atoms with Gasteiger partial charge in [-0.25, -0.2) is 13.4 Å². The third-order valence-electron chi connectivity index (χ3n) is 4.75. The summed E-state index contributed by atoms with van der Waals surface area (Å²) in [6.45, 7) is 3.04. The molecule has 1 aromatic carbocycles. The number of nitrogens with one attached hydrogen (secondary N) is 1. The Balaban J connectivity index is 1.66. The van der Waals surface area contributed by atoms with Crippen LogP contribution in [-0.2, 0) is 21.0 Å². The van der Waals surface area contributed by atoms with Crippen LogP contribution < -0.4 is 9.62 Å². The first kappa shape index (κ1) is 22.0. The van der Waals surface area contributed by atoms with Crippen LogP contribution in [0.4, 0.5) is 19.0 Å². The number of halogens is 3. The molecule has 2 heterocycles. The van der Waals surface area contributed by atoms with E-state index >= 15 is 0 Å². The summed E-state index contributed by atoms with van der Waals surface area (Å²) >= 11 is 0. The van der Waals surface area contributed by atoms with E-state index in [9.17, 15) is 26.4 Å². The van der Waals surface area contributed by atoms with Crippen molar-refractivity contribution in [1.82, 2.24) is 14.6 Å². The van der Waals surface area contributed by atoms with Gasteiger partial charge in [0.1, 0.15) is 5.82 Å². The summed E-state index contributed by atoms with van der Waals surface area (Å²) in [5.41, 5.74) is -1.28. The number of alkyl halides is 3. The van der Waals surface area contributed by atoms with E-state index in [4.69, 9.17) is 0 Å². The molecular formula is C19H21F3N4O3S. The molecule has 1 aromatic heterocycles. The molecule has 1 saturated heterocycles. The quantitative estimate of drug-likeness (QED) is 0.767. The monoisotopic (exact) mass is 442 g/mol. The summed E-state index contributed by atoms with van der Waals surface area (Å²) in [5.74, 6) is 0.283. The average Bonchev–Trinajstić information content (AvgIpc) is 2.73. The van der Waals surface area contributed by atoms with E-state index in [1.807, 2.05) is 17.0 Å². The highest BCUT2D eigenvalue weighted by atomic mass is 32.2. The van der Waals surface area contributed by atoms with Crippen LogP contribution in [0.5, 0.6) is 0 Å². The SMILES string of the molecule is C[C@H](NS(=O)(=O)c1ccccc1C(F)(F)F)C(=O)N1CCN(c2ccccn2)CC1. The lowest BCUT2D eigenvalue weighted by Gasteiger charge is -2.36. The fourth-order valence-electron chi connectivity index (χ4n) is 3.25. The Morgan fingerprint density at radius 1 is 1.07 bits per heavy atom. The smallest absolute Gasteiger partial charge is 0.353 e. The first-order valence-electron chi connectivity index (χ1n) is 9.23. The van der Waals surface area contributed by atoms with Crippen molar-refractivity contribution >= 4 is 21.7 Å². The second kappa shape index (κ2) is 8.60. The Hall–Kier alpha value is -2.66. The Kier molecular flexibility index (Phi) is 6.32. The van der Waals surface area contributed by atoms with E-state index in [0.717, 1.165) is 18.0 Å². The summed E-state index contributed by atoms with van der Waals surface area (Å²) in [4.78, 5) is 19.5. The van der Waals surface area contributed by atoms with Crippen LogP contribution in [0.2, 0.25) is 0 Å². The van der Waals surface area contributed by atoms with Gasteiger partial charge in [0, 0.05) is 32.4 Å². The van der Waals surface area contributed by atoms with Crippen molar-refractivity contribution < 1.29 is 26.4 Å². The molecule has 7 nitrogen and oxygen atoms in total. The van der Waals surface area contributed by atoms with Gasteiger partial charge in [-0.15, -0.1) is 0 Å². The number of sulfonamides is 1. The van der Waals surface area contributed by atoms with Gasteiger partial charge >= 0.3 is 6.18 Å². The summed E-state index contributed by atoms with van der Waals surface area (Å²) in [7, 11) is -4.55. The molecule has 3 rings (SSSR count). The second-order valence-electron chi connectivity index (χ2n) is 6.84. The van der Waals surface area contributed by atoms with Crippen molar-refractivity contribution in [1.29, 1.82) is 0 Å². The molecule has 0 spiro atoms. The van der Waals surface area contributed by atoms with E-state index in [0.29, 0.717) is 32.2 Å². The van der Waals surface area contributed by atoms with Crippen molar-refractivity contribution in [3.8, 4) is 0 Å². The second-order valence-corrected chi connectivity index (χ2v) is 8.52. The Morgan fingerprint density at radius 3 is 2.30 bits per heavy atom. The molecule has 1 aliphatic rings. The van der Waals surface area contributed by atoms with Crippen LogP contribution in [0.25, 0.3) is 0 Å². The van der Waals surface area contributed by atoms with E-state index in [-0.39, 0.29) is 0 Å². The maximum Gasteiger partial charge on any atom is 0.417 e. The summed E-state index contributed by atoms with van der Waals surface area (Å²) in [5, 5.41) is 0. The zero-order valence-corrected chi connectivity index (χ0v) is 16.9. The number of carbonyl (C=O) groups excluding carboxylic acids is 1. The molecule has 1 aliphatic heterocycles. The Labute approximate surface area is 172 Å². The van der Waals surface area contributed by atoms with Gasteiger partial charge in [-0.2, -0.15) is 17.9 Å². The zero-order chi connectivity index (χ0) is 21.9. The number of rotatable bonds is 5. The first-order chi connectivity index (χ1) is 14.1. The summed E-state index contributed by atoms with van der Waals surface area (Å²) in [6, 6.07) is 8.17. The third-order valence-corrected chi connectivity index (χ3v) is 6.35. The van der Waals surface area contributed by atoms with Gasteiger partial charge in [0.2, 0.25) is 15.9 Å². The van der Waals surface area contributed by atoms with Crippen molar-refractivity contribution in [2.45, 2.75) is 24.0 Å². The van der Waals surface area contributed by atoms with Crippen molar-refractivity contribution in [2.75, 3.05) is 31.1 Å². The number of carbonyl (C=O) groups is 1. The molecule has 1 amide bonds. The lowest BCUT2D eigenvalue weighted by Crippen LogP contribution is -2.54. The van der Waals surface area contributed by atoms with Crippen molar-refractivity contribution in [3.05, 3.63) is 54.2 Å². The molecule has 1 fully saturated rings. The maximum absolute atomic E-state index is 13.2. The van der Waals surface area contributed by atoms with Gasteiger partial charge in [-0.05, 0) is 31.2 Å². The lowest BCUT2D eigenvalue weighted by molar-refractivity contribution is -0.139. The molecule has 11 heteroatoms. The summed E-state index contributed by atoms with van der Waals surface area (Å²) < 4.78 is 66.6. The molecule has 1 atom stereocenters. The van der Waals surface area contributed by atoms with E-state index < -0.39 is 38.6 Å². The molecule has 0 bridgehead atoms. The number of amides is 1. The van der Waals surface area contributed by atoms with Gasteiger partial charge in [-0.1, -0.05) is 18.2 Å². The van der Waals surface area contributed by atoms with Crippen LogP contribution in [-0.4, -0.2) is 56.4 Å². The molecule has 0 saturated carbocycles. The largest absolute Gasteiger partial charge is 0.417 e. The number of piperazine rings is 1. The van der Waals surface area contributed by atoms with Crippen LogP contribution in [0.15, 0.2) is 53.6 Å². The minimum Gasteiger partial charge on any atom is -0.353 e. The van der Waals surface area contributed by atoms with Gasteiger partial charge in [0.15, 0.2) is 0 Å². The average molecular weight is 442 g/mol. The predicted octanol–water partition coefficient (Wildman–Crippen LogP) is 2.12. The predicted molar refractivity (Wildman–Crippen MR) is 104 cm³/mol. The molecule has 0 aliphatic carbocycles. The number of aromatic nitrogens is 1. The fraction of sp³-hybridized carbons (Fsp3) is 0.368. The van der Waals surface area contributed by atoms with Crippen molar-refractivity contribution in [2.24, 2.45) is 0 Å². The molecule has 30 heavy (non-hydrogen) atoms. The molecule has 0 radical (unpaired) electrons. The highest BCUT2D eigenvalue weighted by Crippen LogP contribution is 2.33. The molecule has 0 unspecified atom stereocenters. The first-order valence-corrected chi connectivity index (χ1v) is 10.7. The standard InChI is InChI=1S/C19H21F3N4O3S/c1-14(24-30(28,29)16-7-3-2-6-15(16)19(20,21)22)18(27)26-12-10-25(11-13-26)17-8-4-5-9-23-17/h2-9,14,24H,10-13H2,1H3/t14-/m0/s1. The third kappa shape index (κ3) is 4.90. The van der Waals surface area contributed by atoms with Crippen LogP contribution in [0, 0.1) is 0 Å². The Bertz CT molecular complexity index is 992. The van der Waals surface area contributed by atoms with Gasteiger partial charge < -0.3 is 9.80 Å². The number of hydrogen-bond donors (Lipinski definition) is 1. The van der Waals surface area contributed by atoms with Crippen LogP contribution in [0.3, 0.4) is 0 Å². The minimum absolute atomic E-state index is 0.348. The molecular weight excluding hydrogens is 421 g/mol. The van der Waals surface area contributed by atoms with E-state index in [2.05, 4.69) is 9.71 Å². The highest BCUT2D eigenvalue weighted by molar-refractivity contribution is 7.89. The number of benzene rings is 1. The number of anilines is 1. The molecule has 2 aromatic rings. The number of hydrogen-bond acceptors (Lipinski definition) is 5. The fourth-order valence-corrected chi connectivity index (χ4v) is 4.68. The number of pyridine rings is 1. The van der Waals surface area contributed by atoms with E-state index in [1.54, 1.807) is 12.3 Å². The number of nitrogens with zero attached hydrogens (tertiary/aromatic N) is 3. The topological polar surface area (TPSA) is 82.6 Å². The summed E-state index contributed by atoms with van der Waals surface area (Å²) in [6.07, 6.45) is -3.16. The molecule has 1 N–H and O–H groups in total. The maximum atomic E-state index is 13.2. The van der Waals surface area contributed by atoms with Crippen LogP contribution in [0.1, 0.15) is 12.5 Å². The minimum atomic E-state index is -4.83. The van der Waals surface area contributed by atoms with Gasteiger partial charge in [0.05, 0.1) is 16.5 Å². The normalized spacial score (nSPS) is 16.4. The molecule has 162 valence electrons. The van der Waals surface area contributed by atoms with Gasteiger partial charge in [-0.3, -0.25) is 4.79 Å². The van der Waals surface area contributed by atoms with Crippen molar-refractivity contribution in [3.63, 3.8) is 0 Å². The highest BCUT2D eigenvalue weighted by Gasteiger charge is 2.38. The van der Waals surface area contributed by atoms with E-state index in [1.165, 1.54) is 17.9 Å². The zero-order valence-electron chi connectivity index (χ0n) is 16.1. The lowest BCUT2D eigenvalue weighted by atomic mass is 10.2. The van der Waals surface area contributed by atoms with Gasteiger partial charge in [0.25, 0.3) is 0 Å². The van der Waals surface area contributed by atoms with Crippen LogP contribution >= 0.6 is 0 Å². The Morgan fingerprint density at radius 2 is 1.70 bits per heavy atom.